The van der Waals surface area contributed by atoms with Crippen LogP contribution in [0, 0.1) is 0 Å². The van der Waals surface area contributed by atoms with Crippen molar-refractivity contribution < 1.29 is 0 Å². The van der Waals surface area contributed by atoms with Crippen LogP contribution in [0.4, 0.5) is 17.1 Å². The Hall–Kier alpha value is -6.42. The number of rotatable bonds is 6. The highest BCUT2D eigenvalue weighted by atomic mass is 32.1. The Morgan fingerprint density at radius 3 is 1.88 bits per heavy atom. The lowest BCUT2D eigenvalue weighted by atomic mass is 10.0. The number of fused-ring (bicyclic) bond motifs is 6. The molecular formula is C48H32N2S. The first-order valence-corrected chi connectivity index (χ1v) is 18.2. The number of aromatic nitrogens is 1. The Kier molecular flexibility index (Phi) is 7.04. The van der Waals surface area contributed by atoms with Gasteiger partial charge in [0, 0.05) is 48.9 Å². The Morgan fingerprint density at radius 2 is 1.04 bits per heavy atom. The van der Waals surface area contributed by atoms with Crippen LogP contribution in [0.1, 0.15) is 0 Å². The average molecular weight is 669 g/mol. The molecule has 8 aromatic carbocycles. The highest BCUT2D eigenvalue weighted by molar-refractivity contribution is 7.26. The predicted octanol–water partition coefficient (Wildman–Crippen LogP) is 14.0. The fourth-order valence-corrected chi connectivity index (χ4v) is 8.88. The molecule has 51 heavy (non-hydrogen) atoms. The molecule has 0 unspecified atom stereocenters. The lowest BCUT2D eigenvalue weighted by molar-refractivity contribution is 1.18. The zero-order valence-corrected chi connectivity index (χ0v) is 28.6. The zero-order valence-electron chi connectivity index (χ0n) is 27.8. The summed E-state index contributed by atoms with van der Waals surface area (Å²) < 4.78 is 5.00. The quantitative estimate of drug-likeness (QED) is 0.171. The summed E-state index contributed by atoms with van der Waals surface area (Å²) in [6, 6.07) is 70.3. The molecule has 3 heteroatoms. The van der Waals surface area contributed by atoms with Gasteiger partial charge in [-0.25, -0.2) is 0 Å². The van der Waals surface area contributed by atoms with E-state index in [9.17, 15) is 0 Å². The number of nitrogens with zero attached hydrogens (tertiary/aromatic N) is 2. The lowest BCUT2D eigenvalue weighted by Crippen LogP contribution is -2.10. The minimum absolute atomic E-state index is 1.12. The molecule has 2 nitrogen and oxygen atoms in total. The Bertz CT molecular complexity index is 2850. The molecule has 0 atom stereocenters. The second kappa shape index (κ2) is 12.2. The molecule has 0 N–H and O–H groups in total. The summed E-state index contributed by atoms with van der Waals surface area (Å²) >= 11 is 1.87. The van der Waals surface area contributed by atoms with Crippen molar-refractivity contribution in [1.29, 1.82) is 0 Å². The van der Waals surface area contributed by atoms with Crippen molar-refractivity contribution in [2.24, 2.45) is 0 Å². The highest BCUT2D eigenvalue weighted by Gasteiger charge is 2.20. The molecular weight excluding hydrogens is 637 g/mol. The molecule has 2 aromatic heterocycles. The van der Waals surface area contributed by atoms with Gasteiger partial charge in [-0.05, 0) is 71.3 Å². The fraction of sp³-hybridized carbons (Fsp3) is 0. The molecule has 0 saturated carbocycles. The smallest absolute Gasteiger partial charge is 0.0640 e. The highest BCUT2D eigenvalue weighted by Crippen LogP contribution is 2.46. The lowest BCUT2D eigenvalue weighted by Gasteiger charge is -2.27. The summed E-state index contributed by atoms with van der Waals surface area (Å²) in [7, 11) is 0. The molecule has 0 amide bonds. The van der Waals surface area contributed by atoms with Crippen LogP contribution in [-0.2, 0) is 0 Å². The number of benzene rings is 8. The van der Waals surface area contributed by atoms with Gasteiger partial charge in [-0.3, -0.25) is 0 Å². The molecule has 0 radical (unpaired) electrons. The van der Waals surface area contributed by atoms with Gasteiger partial charge in [0.15, 0.2) is 0 Å². The first-order valence-electron chi connectivity index (χ1n) is 17.4. The third-order valence-electron chi connectivity index (χ3n) is 9.98. The molecule has 10 aromatic rings. The van der Waals surface area contributed by atoms with E-state index < -0.39 is 0 Å². The van der Waals surface area contributed by atoms with Gasteiger partial charge in [0.25, 0.3) is 0 Å². The third-order valence-corrected chi connectivity index (χ3v) is 11.2. The maximum Gasteiger partial charge on any atom is 0.0640 e. The van der Waals surface area contributed by atoms with E-state index in [0.717, 1.165) is 17.1 Å². The van der Waals surface area contributed by atoms with Gasteiger partial charge in [0.2, 0.25) is 0 Å². The molecule has 240 valence electrons. The van der Waals surface area contributed by atoms with Crippen molar-refractivity contribution in [2.45, 2.75) is 0 Å². The van der Waals surface area contributed by atoms with Gasteiger partial charge >= 0.3 is 0 Å². The predicted molar refractivity (Wildman–Crippen MR) is 219 cm³/mol. The van der Waals surface area contributed by atoms with Crippen LogP contribution in [0.15, 0.2) is 194 Å². The Labute approximate surface area is 300 Å². The average Bonchev–Trinajstić information content (AvgIpc) is 3.76. The van der Waals surface area contributed by atoms with Gasteiger partial charge in [-0.15, -0.1) is 11.3 Å². The second-order valence-corrected chi connectivity index (χ2v) is 14.0. The number of thiophene rings is 1. The van der Waals surface area contributed by atoms with E-state index in [0.29, 0.717) is 0 Å². The molecule has 0 aliphatic heterocycles. The van der Waals surface area contributed by atoms with Crippen LogP contribution in [0.2, 0.25) is 0 Å². The van der Waals surface area contributed by atoms with Gasteiger partial charge in [0.1, 0.15) is 0 Å². The molecule has 0 spiro atoms. The van der Waals surface area contributed by atoms with E-state index in [4.69, 9.17) is 0 Å². The number of hydrogen-bond donors (Lipinski definition) is 0. The SMILES string of the molecule is c1ccc(-c2ccc(N(c3cccc(-c4cccc5c6ccccc6n(-c6ccccc6)c45)c3)c3cccc4c3sc3ccccc34)cc2)cc1. The summed E-state index contributed by atoms with van der Waals surface area (Å²) in [5.41, 5.74) is 11.8. The first-order chi connectivity index (χ1) is 25.3. The van der Waals surface area contributed by atoms with Crippen molar-refractivity contribution >= 4 is 70.4 Å². The number of para-hydroxylation sites is 3. The number of hydrogen-bond acceptors (Lipinski definition) is 2. The largest absolute Gasteiger partial charge is 0.309 e. The van der Waals surface area contributed by atoms with Gasteiger partial charge in [-0.2, -0.15) is 0 Å². The molecule has 0 aliphatic rings. The summed E-state index contributed by atoms with van der Waals surface area (Å²) in [5.74, 6) is 0. The molecule has 10 rings (SSSR count). The maximum atomic E-state index is 2.43. The van der Waals surface area contributed by atoms with Crippen molar-refractivity contribution in [1.82, 2.24) is 4.57 Å². The van der Waals surface area contributed by atoms with Gasteiger partial charge in [-0.1, -0.05) is 140 Å². The van der Waals surface area contributed by atoms with E-state index in [2.05, 4.69) is 204 Å². The van der Waals surface area contributed by atoms with Crippen molar-refractivity contribution in [3.8, 4) is 27.9 Å². The van der Waals surface area contributed by atoms with Crippen molar-refractivity contribution in [2.75, 3.05) is 4.90 Å². The van der Waals surface area contributed by atoms with Crippen LogP contribution in [0.25, 0.3) is 69.9 Å². The van der Waals surface area contributed by atoms with Crippen LogP contribution in [0.5, 0.6) is 0 Å². The standard InChI is InChI=1S/C48H32N2S/c1-3-14-33(15-4-1)34-28-30-37(31-29-34)49(45-26-13-24-43-41-21-8-10-27-46(41)51-48(43)45)38-19-11-16-35(32-38)39-22-12-23-42-40-20-7-9-25-44(40)50(47(39)42)36-17-5-2-6-18-36/h1-32H. The Morgan fingerprint density at radius 1 is 0.412 bits per heavy atom. The van der Waals surface area contributed by atoms with Gasteiger partial charge in [0.05, 0.1) is 21.4 Å². The second-order valence-electron chi connectivity index (χ2n) is 12.9. The van der Waals surface area contributed by atoms with E-state index in [1.165, 1.54) is 69.9 Å². The van der Waals surface area contributed by atoms with Crippen LogP contribution < -0.4 is 4.90 Å². The normalized spacial score (nSPS) is 11.5. The molecule has 0 saturated heterocycles. The van der Waals surface area contributed by atoms with E-state index in [1.807, 2.05) is 11.3 Å². The minimum atomic E-state index is 1.12. The molecule has 2 heterocycles. The van der Waals surface area contributed by atoms with Crippen LogP contribution in [-0.4, -0.2) is 4.57 Å². The third kappa shape index (κ3) is 4.93. The zero-order chi connectivity index (χ0) is 33.7. The van der Waals surface area contributed by atoms with Crippen molar-refractivity contribution in [3.05, 3.63) is 194 Å². The topological polar surface area (TPSA) is 8.17 Å². The number of anilines is 3. The van der Waals surface area contributed by atoms with Crippen LogP contribution in [0.3, 0.4) is 0 Å². The Balaban J connectivity index is 1.20. The fourth-order valence-electron chi connectivity index (χ4n) is 7.68. The summed E-state index contributed by atoms with van der Waals surface area (Å²) in [5, 5.41) is 5.09. The summed E-state index contributed by atoms with van der Waals surface area (Å²) in [6.07, 6.45) is 0. The van der Waals surface area contributed by atoms with E-state index >= 15 is 0 Å². The summed E-state index contributed by atoms with van der Waals surface area (Å²) in [4.78, 5) is 2.43. The maximum absolute atomic E-state index is 2.43. The van der Waals surface area contributed by atoms with E-state index in [1.54, 1.807) is 0 Å². The van der Waals surface area contributed by atoms with Crippen LogP contribution >= 0.6 is 11.3 Å². The minimum Gasteiger partial charge on any atom is -0.309 e. The molecule has 0 aliphatic carbocycles. The first kappa shape index (κ1) is 29.5. The van der Waals surface area contributed by atoms with Gasteiger partial charge < -0.3 is 9.47 Å². The van der Waals surface area contributed by atoms with Crippen molar-refractivity contribution in [3.63, 3.8) is 0 Å². The summed E-state index contributed by atoms with van der Waals surface area (Å²) in [6.45, 7) is 0. The van der Waals surface area contributed by atoms with E-state index in [-0.39, 0.29) is 0 Å². The molecule has 0 bridgehead atoms. The monoisotopic (exact) mass is 668 g/mol. The molecule has 0 fully saturated rings.